The molecule has 5 aliphatic carbocycles. The van der Waals surface area contributed by atoms with Crippen LogP contribution in [0.3, 0.4) is 0 Å². The van der Waals surface area contributed by atoms with Gasteiger partial charge in [0, 0.05) is 42.5 Å². The van der Waals surface area contributed by atoms with Crippen molar-refractivity contribution in [1.29, 1.82) is 0 Å². The van der Waals surface area contributed by atoms with Crippen molar-refractivity contribution in [2.45, 2.75) is 87.0 Å². The van der Waals surface area contributed by atoms with Crippen LogP contribution in [0.25, 0.3) is 0 Å². The second-order valence-corrected chi connectivity index (χ2v) is 13.1. The molecule has 7 aliphatic rings. The summed E-state index contributed by atoms with van der Waals surface area (Å²) in [5.74, 6) is 2.75. The smallest absolute Gasteiger partial charge is 0.220 e. The minimum Gasteiger partial charge on any atom is -0.493 e. The maximum Gasteiger partial charge on any atom is 0.220 e. The third kappa shape index (κ3) is 3.13. The molecule has 1 saturated heterocycles. The summed E-state index contributed by atoms with van der Waals surface area (Å²) < 4.78 is 19.5. The van der Waals surface area contributed by atoms with E-state index in [9.17, 15) is 4.79 Å². The Morgan fingerprint density at radius 1 is 1.10 bits per heavy atom. The molecule has 0 aromatic heterocycles. The number of nitrogens with one attached hydrogen (secondary N) is 1. The lowest BCUT2D eigenvalue weighted by atomic mass is 9.35. The Kier molecular flexibility index (Phi) is 5.26. The van der Waals surface area contributed by atoms with Crippen LogP contribution in [0, 0.1) is 11.3 Å². The zero-order chi connectivity index (χ0) is 26.4. The molecule has 9 rings (SSSR count). The summed E-state index contributed by atoms with van der Waals surface area (Å²) >= 11 is 0. The van der Waals surface area contributed by atoms with Crippen molar-refractivity contribution in [2.24, 2.45) is 11.3 Å². The number of hydrogen-bond acceptors (Lipinski definition) is 5. The van der Waals surface area contributed by atoms with Gasteiger partial charge >= 0.3 is 0 Å². The van der Waals surface area contributed by atoms with Crippen molar-refractivity contribution >= 4 is 5.91 Å². The van der Waals surface area contributed by atoms with E-state index in [1.165, 1.54) is 36.1 Å². The van der Waals surface area contributed by atoms with Crippen LogP contribution in [0.1, 0.15) is 61.6 Å². The predicted octanol–water partition coefficient (Wildman–Crippen LogP) is 4.42. The summed E-state index contributed by atoms with van der Waals surface area (Å²) in [7, 11) is 3.59. The molecule has 206 valence electrons. The van der Waals surface area contributed by atoms with Gasteiger partial charge in [0.2, 0.25) is 5.91 Å². The molecule has 2 spiro atoms. The number of methoxy groups -OCH3 is 2. The monoisotopic (exact) mass is 528 g/mol. The molecule has 4 bridgehead atoms. The number of hydrogen-bond donors (Lipinski definition) is 1. The van der Waals surface area contributed by atoms with E-state index in [-0.39, 0.29) is 28.9 Å². The average Bonchev–Trinajstić information content (AvgIpc) is 3.71. The fourth-order valence-electron chi connectivity index (χ4n) is 9.88. The number of fused-ring (bicyclic) bond motifs is 2. The zero-order valence-electron chi connectivity index (χ0n) is 23.2. The normalized spacial score (nSPS) is 37.2. The van der Waals surface area contributed by atoms with Gasteiger partial charge in [0.1, 0.15) is 11.7 Å². The van der Waals surface area contributed by atoms with E-state index in [0.29, 0.717) is 12.5 Å². The van der Waals surface area contributed by atoms with Gasteiger partial charge in [-0.2, -0.15) is 0 Å². The van der Waals surface area contributed by atoms with Crippen molar-refractivity contribution < 1.29 is 19.0 Å². The van der Waals surface area contributed by atoms with Crippen LogP contribution in [0.2, 0.25) is 0 Å². The number of aryl methyl sites for hydroxylation is 1. The Morgan fingerprint density at radius 2 is 1.95 bits per heavy atom. The molecular weight excluding hydrogens is 488 g/mol. The van der Waals surface area contributed by atoms with Crippen LogP contribution >= 0.6 is 0 Å². The number of likely N-dealkylation sites (tertiary alicyclic amines) is 1. The lowest BCUT2D eigenvalue weighted by molar-refractivity contribution is -0.263. The van der Waals surface area contributed by atoms with Gasteiger partial charge in [-0.05, 0) is 81.0 Å². The summed E-state index contributed by atoms with van der Waals surface area (Å²) in [5.41, 5.74) is 3.47. The third-order valence-corrected chi connectivity index (χ3v) is 11.7. The Bertz CT molecular complexity index is 1310. The predicted molar refractivity (Wildman–Crippen MR) is 148 cm³/mol. The van der Waals surface area contributed by atoms with Crippen LogP contribution in [0.15, 0.2) is 42.5 Å². The molecule has 3 unspecified atom stereocenters. The van der Waals surface area contributed by atoms with Gasteiger partial charge in [-0.3, -0.25) is 9.69 Å². The molecule has 2 aliphatic heterocycles. The Balaban J connectivity index is 1.19. The zero-order valence-corrected chi connectivity index (χ0v) is 23.2. The molecule has 6 atom stereocenters. The fraction of sp³-hybridized carbons (Fsp3) is 0.606. The minimum atomic E-state index is -0.550. The maximum absolute atomic E-state index is 13.5. The topological polar surface area (TPSA) is 60.0 Å². The van der Waals surface area contributed by atoms with Gasteiger partial charge in [-0.25, -0.2) is 0 Å². The molecule has 39 heavy (non-hydrogen) atoms. The third-order valence-electron chi connectivity index (χ3n) is 11.7. The number of amides is 1. The van der Waals surface area contributed by atoms with Gasteiger partial charge in [-0.1, -0.05) is 36.4 Å². The van der Waals surface area contributed by atoms with Gasteiger partial charge in [0.15, 0.2) is 11.5 Å². The lowest BCUT2D eigenvalue weighted by Gasteiger charge is -2.73. The molecule has 2 heterocycles. The van der Waals surface area contributed by atoms with Crippen LogP contribution in [-0.4, -0.2) is 61.9 Å². The molecule has 6 nitrogen and oxygen atoms in total. The first-order valence-corrected chi connectivity index (χ1v) is 15.0. The van der Waals surface area contributed by atoms with Gasteiger partial charge in [-0.15, -0.1) is 0 Å². The molecule has 6 heteroatoms. The van der Waals surface area contributed by atoms with Crippen molar-refractivity contribution in [3.63, 3.8) is 0 Å². The molecule has 4 saturated carbocycles. The first kappa shape index (κ1) is 24.2. The Morgan fingerprint density at radius 3 is 2.72 bits per heavy atom. The highest BCUT2D eigenvalue weighted by molar-refractivity contribution is 5.77. The lowest BCUT2D eigenvalue weighted by Crippen LogP contribution is -2.83. The molecule has 5 fully saturated rings. The highest BCUT2D eigenvalue weighted by Crippen LogP contribution is 2.75. The number of nitrogens with zero attached hydrogens (tertiary/aromatic N) is 1. The summed E-state index contributed by atoms with van der Waals surface area (Å²) in [6, 6.07) is 15.1. The quantitative estimate of drug-likeness (QED) is 0.550. The van der Waals surface area contributed by atoms with Gasteiger partial charge in [0.25, 0.3) is 0 Å². The van der Waals surface area contributed by atoms with E-state index in [1.54, 1.807) is 7.11 Å². The van der Waals surface area contributed by atoms with Crippen LogP contribution in [0.5, 0.6) is 11.5 Å². The number of carbonyl (C=O) groups excluding carboxylic acids is 1. The Labute approximate surface area is 231 Å². The number of rotatable bonds is 8. The highest BCUT2D eigenvalue weighted by Gasteiger charge is 2.81. The maximum atomic E-state index is 13.5. The first-order valence-electron chi connectivity index (χ1n) is 15.0. The molecule has 0 radical (unpaired) electrons. The van der Waals surface area contributed by atoms with Crippen LogP contribution < -0.4 is 14.8 Å². The van der Waals surface area contributed by atoms with Crippen molar-refractivity contribution in [3.05, 3.63) is 59.2 Å². The van der Waals surface area contributed by atoms with Gasteiger partial charge in [0.05, 0.1) is 13.2 Å². The summed E-state index contributed by atoms with van der Waals surface area (Å²) in [4.78, 5) is 16.3. The number of carbonyl (C=O) groups is 1. The van der Waals surface area contributed by atoms with E-state index < -0.39 is 5.60 Å². The van der Waals surface area contributed by atoms with E-state index in [1.807, 2.05) is 25.3 Å². The van der Waals surface area contributed by atoms with Crippen molar-refractivity contribution in [3.8, 4) is 11.5 Å². The first-order chi connectivity index (χ1) is 19.0. The Hall–Kier alpha value is -2.57. The summed E-state index contributed by atoms with van der Waals surface area (Å²) in [5, 5.41) is 3.52. The van der Waals surface area contributed by atoms with E-state index in [0.717, 1.165) is 62.5 Å². The average molecular weight is 529 g/mol. The van der Waals surface area contributed by atoms with Crippen molar-refractivity contribution in [2.75, 3.05) is 27.3 Å². The fourth-order valence-corrected chi connectivity index (χ4v) is 9.88. The molecule has 2 aromatic rings. The van der Waals surface area contributed by atoms with E-state index in [2.05, 4.69) is 34.5 Å². The SMILES string of the molecule is COc1ccc2c3c1OC1C4(OC)CC[C@@]5(CC4NC(=O)CCc4ccccc4)[C@@H](C2)N(CC2CC2)CC[C@]315. The van der Waals surface area contributed by atoms with Crippen LogP contribution in [0.4, 0.5) is 0 Å². The standard InChI is InChI=1S/C33H40N2O4/c1-37-24-12-11-23-18-26-31-14-15-33(38-2,25(19-31)34-27(36)13-10-21-6-4-3-5-7-21)30-32(31,28(23)29(24)39-30)16-17-35(26)20-22-8-9-22/h3-7,11-12,22,25-26,30H,8-10,13-20H2,1-2H3,(H,34,36)/t25?,26-,30?,31-,32+,33?/m1/s1. The summed E-state index contributed by atoms with van der Waals surface area (Å²) in [6.45, 7) is 2.34. The summed E-state index contributed by atoms with van der Waals surface area (Å²) in [6.07, 6.45) is 9.01. The largest absolute Gasteiger partial charge is 0.493 e. The van der Waals surface area contributed by atoms with Gasteiger partial charge < -0.3 is 19.5 Å². The highest BCUT2D eigenvalue weighted by atomic mass is 16.6. The second-order valence-electron chi connectivity index (χ2n) is 13.1. The van der Waals surface area contributed by atoms with E-state index >= 15 is 0 Å². The minimum absolute atomic E-state index is 0.0626. The van der Waals surface area contributed by atoms with Crippen molar-refractivity contribution in [1.82, 2.24) is 10.2 Å². The molecule has 1 amide bonds. The molecular formula is C33H40N2O4. The number of benzene rings is 2. The second kappa shape index (κ2) is 8.47. The molecule has 1 N–H and O–H groups in total. The van der Waals surface area contributed by atoms with E-state index in [4.69, 9.17) is 14.2 Å². The number of ether oxygens (including phenoxy) is 3. The number of piperidine rings is 1. The molecule has 2 aromatic carbocycles. The van der Waals surface area contributed by atoms with Crippen LogP contribution in [-0.2, 0) is 27.8 Å².